The van der Waals surface area contributed by atoms with Crippen LogP contribution in [-0.4, -0.2) is 55.2 Å². The number of carbonyl (C=O) groups is 1. The normalized spacial score (nSPS) is 10.6. The van der Waals surface area contributed by atoms with E-state index in [2.05, 4.69) is 4.98 Å². The Labute approximate surface area is 106 Å². The van der Waals surface area contributed by atoms with Crippen molar-refractivity contribution in [2.24, 2.45) is 0 Å². The fraction of sp³-hybridized carbons (Fsp3) is 0.455. The molecular formula is C11H16ClN3O2. The van der Waals surface area contributed by atoms with Gasteiger partial charge in [0, 0.05) is 20.1 Å². The van der Waals surface area contributed by atoms with Gasteiger partial charge in [-0.05, 0) is 26.2 Å². The molecule has 0 saturated heterocycles. The Morgan fingerprint density at radius 2 is 2.00 bits per heavy atom. The van der Waals surface area contributed by atoms with Crippen LogP contribution in [-0.2, 0) is 0 Å². The highest BCUT2D eigenvalue weighted by Gasteiger charge is 2.15. The summed E-state index contributed by atoms with van der Waals surface area (Å²) in [6, 6.07) is 2.95. The summed E-state index contributed by atoms with van der Waals surface area (Å²) >= 11 is 5.79. The monoisotopic (exact) mass is 257 g/mol. The van der Waals surface area contributed by atoms with E-state index in [4.69, 9.17) is 16.7 Å². The second-order valence-electron chi connectivity index (χ2n) is 4.04. The van der Waals surface area contributed by atoms with Crippen LogP contribution in [0.25, 0.3) is 0 Å². The molecule has 1 rings (SSSR count). The van der Waals surface area contributed by atoms with Crippen molar-refractivity contribution in [2.45, 2.75) is 0 Å². The predicted molar refractivity (Wildman–Crippen MR) is 68.0 cm³/mol. The topological polar surface area (TPSA) is 56.7 Å². The number of hydrogen-bond donors (Lipinski definition) is 1. The molecule has 1 heterocycles. The first-order valence-corrected chi connectivity index (χ1v) is 5.55. The van der Waals surface area contributed by atoms with Crippen molar-refractivity contribution in [3.63, 3.8) is 0 Å². The van der Waals surface area contributed by atoms with Crippen LogP contribution in [0.2, 0.25) is 5.15 Å². The molecule has 1 aromatic heterocycles. The summed E-state index contributed by atoms with van der Waals surface area (Å²) in [6.45, 7) is 1.49. The molecule has 0 atom stereocenters. The number of pyridine rings is 1. The average molecular weight is 258 g/mol. The van der Waals surface area contributed by atoms with E-state index >= 15 is 0 Å². The zero-order valence-corrected chi connectivity index (χ0v) is 10.9. The Hall–Kier alpha value is -1.33. The van der Waals surface area contributed by atoms with Crippen LogP contribution in [0, 0.1) is 0 Å². The van der Waals surface area contributed by atoms with Gasteiger partial charge in [0.1, 0.15) is 16.5 Å². The van der Waals surface area contributed by atoms with E-state index in [-0.39, 0.29) is 5.56 Å². The van der Waals surface area contributed by atoms with Crippen LogP contribution in [0.3, 0.4) is 0 Å². The van der Waals surface area contributed by atoms with Crippen molar-refractivity contribution in [3.05, 3.63) is 22.8 Å². The number of carboxylic acids is 1. The molecule has 5 nitrogen and oxygen atoms in total. The number of nitrogens with zero attached hydrogens (tertiary/aromatic N) is 3. The van der Waals surface area contributed by atoms with Gasteiger partial charge in [0.15, 0.2) is 0 Å². The second-order valence-corrected chi connectivity index (χ2v) is 4.42. The maximum absolute atomic E-state index is 11.1. The van der Waals surface area contributed by atoms with Gasteiger partial charge in [-0.1, -0.05) is 11.6 Å². The van der Waals surface area contributed by atoms with Gasteiger partial charge in [-0.15, -0.1) is 0 Å². The molecular weight excluding hydrogens is 242 g/mol. The van der Waals surface area contributed by atoms with Crippen LogP contribution >= 0.6 is 11.6 Å². The third kappa shape index (κ3) is 3.87. The van der Waals surface area contributed by atoms with Crippen molar-refractivity contribution in [2.75, 3.05) is 39.1 Å². The number of aromatic carboxylic acids is 1. The number of halogens is 1. The largest absolute Gasteiger partial charge is 0.478 e. The number of aromatic nitrogens is 1. The van der Waals surface area contributed by atoms with Gasteiger partial charge in [0.05, 0.1) is 0 Å². The van der Waals surface area contributed by atoms with Crippen molar-refractivity contribution < 1.29 is 9.90 Å². The minimum absolute atomic E-state index is 0.163. The van der Waals surface area contributed by atoms with E-state index in [1.54, 1.807) is 11.9 Å². The van der Waals surface area contributed by atoms with Crippen molar-refractivity contribution >= 4 is 23.4 Å². The quantitative estimate of drug-likeness (QED) is 0.809. The van der Waals surface area contributed by atoms with Gasteiger partial charge >= 0.3 is 5.97 Å². The lowest BCUT2D eigenvalue weighted by Crippen LogP contribution is -2.30. The first kappa shape index (κ1) is 13.7. The number of anilines is 1. The maximum Gasteiger partial charge on any atom is 0.339 e. The lowest BCUT2D eigenvalue weighted by molar-refractivity contribution is 0.0697. The Morgan fingerprint density at radius 3 is 2.53 bits per heavy atom. The SMILES string of the molecule is CN(C)CCN(C)c1nc(Cl)ccc1C(=O)O. The summed E-state index contributed by atoms with van der Waals surface area (Å²) in [4.78, 5) is 18.9. The molecule has 0 aliphatic carbocycles. The zero-order valence-electron chi connectivity index (χ0n) is 10.1. The average Bonchev–Trinajstić information content (AvgIpc) is 2.25. The Kier molecular flexibility index (Phi) is 4.72. The minimum Gasteiger partial charge on any atom is -0.478 e. The maximum atomic E-state index is 11.1. The molecule has 0 fully saturated rings. The Bertz CT molecular complexity index is 410. The summed E-state index contributed by atoms with van der Waals surface area (Å²) in [5.41, 5.74) is 0.163. The lowest BCUT2D eigenvalue weighted by Gasteiger charge is -2.22. The highest BCUT2D eigenvalue weighted by atomic mass is 35.5. The van der Waals surface area contributed by atoms with E-state index in [0.717, 1.165) is 6.54 Å². The minimum atomic E-state index is -0.999. The highest BCUT2D eigenvalue weighted by molar-refractivity contribution is 6.29. The molecule has 0 unspecified atom stereocenters. The van der Waals surface area contributed by atoms with Crippen molar-refractivity contribution in [1.82, 2.24) is 9.88 Å². The van der Waals surface area contributed by atoms with Gasteiger partial charge in [0.25, 0.3) is 0 Å². The Balaban J connectivity index is 2.94. The lowest BCUT2D eigenvalue weighted by atomic mass is 10.2. The van der Waals surface area contributed by atoms with Crippen LogP contribution < -0.4 is 4.90 Å². The van der Waals surface area contributed by atoms with Gasteiger partial charge < -0.3 is 14.9 Å². The molecule has 0 amide bonds. The molecule has 0 aromatic carbocycles. The molecule has 1 N–H and O–H groups in total. The number of hydrogen-bond acceptors (Lipinski definition) is 4. The Morgan fingerprint density at radius 1 is 1.35 bits per heavy atom. The molecule has 0 aliphatic rings. The van der Waals surface area contributed by atoms with E-state index in [9.17, 15) is 4.79 Å². The molecule has 0 radical (unpaired) electrons. The summed E-state index contributed by atoms with van der Waals surface area (Å²) in [5, 5.41) is 9.36. The van der Waals surface area contributed by atoms with Crippen LogP contribution in [0.15, 0.2) is 12.1 Å². The van der Waals surface area contributed by atoms with E-state index in [0.29, 0.717) is 17.5 Å². The molecule has 0 spiro atoms. The van der Waals surface area contributed by atoms with Gasteiger partial charge in [-0.3, -0.25) is 0 Å². The second kappa shape index (κ2) is 5.84. The molecule has 94 valence electrons. The molecule has 0 aliphatic heterocycles. The molecule has 6 heteroatoms. The number of likely N-dealkylation sites (N-methyl/N-ethyl adjacent to an activating group) is 2. The zero-order chi connectivity index (χ0) is 13.0. The fourth-order valence-electron chi connectivity index (χ4n) is 1.34. The van der Waals surface area contributed by atoms with Gasteiger partial charge in [0.2, 0.25) is 0 Å². The molecule has 17 heavy (non-hydrogen) atoms. The first-order valence-electron chi connectivity index (χ1n) is 5.17. The summed E-state index contributed by atoms with van der Waals surface area (Å²) in [5.74, 6) is -0.604. The van der Waals surface area contributed by atoms with E-state index < -0.39 is 5.97 Å². The summed E-state index contributed by atoms with van der Waals surface area (Å²) in [7, 11) is 5.71. The third-order valence-corrected chi connectivity index (χ3v) is 2.53. The molecule has 1 aromatic rings. The predicted octanol–water partition coefficient (Wildman–Crippen LogP) is 1.43. The number of carboxylic acid groups (broad SMARTS) is 1. The standard InChI is InChI=1S/C11H16ClN3O2/c1-14(2)6-7-15(3)10-8(11(16)17)4-5-9(12)13-10/h4-5H,6-7H2,1-3H3,(H,16,17). The smallest absolute Gasteiger partial charge is 0.339 e. The number of rotatable bonds is 5. The summed E-state index contributed by atoms with van der Waals surface area (Å²) < 4.78 is 0. The molecule has 0 saturated carbocycles. The van der Waals surface area contributed by atoms with Crippen molar-refractivity contribution in [3.8, 4) is 0 Å². The third-order valence-electron chi connectivity index (χ3n) is 2.32. The van der Waals surface area contributed by atoms with Crippen LogP contribution in [0.1, 0.15) is 10.4 Å². The van der Waals surface area contributed by atoms with Gasteiger partial charge in [-0.2, -0.15) is 0 Å². The first-order chi connectivity index (χ1) is 7.91. The van der Waals surface area contributed by atoms with E-state index in [1.165, 1.54) is 12.1 Å². The summed E-state index contributed by atoms with van der Waals surface area (Å²) in [6.07, 6.45) is 0. The van der Waals surface area contributed by atoms with Crippen LogP contribution in [0.5, 0.6) is 0 Å². The van der Waals surface area contributed by atoms with Crippen LogP contribution in [0.4, 0.5) is 5.82 Å². The highest BCUT2D eigenvalue weighted by Crippen LogP contribution is 2.19. The van der Waals surface area contributed by atoms with E-state index in [1.807, 2.05) is 19.0 Å². The molecule has 0 bridgehead atoms. The fourth-order valence-corrected chi connectivity index (χ4v) is 1.48. The van der Waals surface area contributed by atoms with Gasteiger partial charge in [-0.25, -0.2) is 9.78 Å². The van der Waals surface area contributed by atoms with Crippen molar-refractivity contribution in [1.29, 1.82) is 0 Å².